The molecule has 0 fully saturated rings. The summed E-state index contributed by atoms with van der Waals surface area (Å²) in [6.07, 6.45) is 0. The fraction of sp³-hybridized carbons (Fsp3) is 0.263. The van der Waals surface area contributed by atoms with Crippen LogP contribution in [0.4, 0.5) is 0 Å². The molecule has 0 atom stereocenters. The summed E-state index contributed by atoms with van der Waals surface area (Å²) in [5.41, 5.74) is 3.71. The first-order valence-corrected chi connectivity index (χ1v) is 9.83. The van der Waals surface area contributed by atoms with E-state index < -0.39 is 10.0 Å². The molecule has 3 aromatic rings. The topological polar surface area (TPSA) is 76.3 Å². The summed E-state index contributed by atoms with van der Waals surface area (Å²) >= 11 is 0. The molecular weight excluding hydrogens is 350 g/mol. The Balaban J connectivity index is 1.72. The molecule has 0 radical (unpaired) electrons. The van der Waals surface area contributed by atoms with E-state index in [9.17, 15) is 8.42 Å². The van der Waals surface area contributed by atoms with E-state index in [0.29, 0.717) is 5.82 Å². The molecule has 0 aliphatic carbocycles. The minimum absolute atomic E-state index is 0.0347. The predicted molar refractivity (Wildman–Crippen MR) is 99.7 cm³/mol. The Labute approximate surface area is 153 Å². The first-order valence-electron chi connectivity index (χ1n) is 8.23. The van der Waals surface area contributed by atoms with E-state index in [2.05, 4.69) is 10.1 Å². The number of aromatic nitrogens is 2. The van der Waals surface area contributed by atoms with Crippen molar-refractivity contribution < 1.29 is 12.9 Å². The molecular formula is C19H21N3O3S. The highest BCUT2D eigenvalue weighted by Crippen LogP contribution is 2.18. The third-order valence-corrected chi connectivity index (χ3v) is 5.79. The van der Waals surface area contributed by atoms with Gasteiger partial charge in [-0.25, -0.2) is 8.42 Å². The van der Waals surface area contributed by atoms with Crippen LogP contribution in [-0.4, -0.2) is 29.9 Å². The molecule has 0 spiro atoms. The molecule has 6 nitrogen and oxygen atoms in total. The molecule has 0 saturated carbocycles. The number of aryl methyl sites for hydroxylation is 2. The largest absolute Gasteiger partial charge is 0.338 e. The number of nitrogens with zero attached hydrogens (tertiary/aromatic N) is 3. The van der Waals surface area contributed by atoms with Gasteiger partial charge in [0.1, 0.15) is 0 Å². The van der Waals surface area contributed by atoms with Crippen LogP contribution >= 0.6 is 0 Å². The molecule has 0 N–H and O–H groups in total. The van der Waals surface area contributed by atoms with Crippen molar-refractivity contribution in [2.75, 3.05) is 7.05 Å². The standard InChI is InChI=1S/C19H21N3O3S/c1-14-6-4-8-16(10-14)13-26(23,24)22(3)12-18-20-19(21-25-18)17-9-5-7-15(2)11-17/h4-11H,12-13H2,1-3H3. The minimum atomic E-state index is -3.48. The second kappa shape index (κ2) is 7.39. The van der Waals surface area contributed by atoms with E-state index in [1.54, 1.807) is 6.07 Å². The summed E-state index contributed by atoms with van der Waals surface area (Å²) in [7, 11) is -1.97. The smallest absolute Gasteiger partial charge is 0.242 e. The van der Waals surface area contributed by atoms with E-state index in [-0.39, 0.29) is 18.2 Å². The Bertz CT molecular complexity index is 1010. The number of hydrogen-bond acceptors (Lipinski definition) is 5. The molecule has 1 aromatic heterocycles. The quantitative estimate of drug-likeness (QED) is 0.664. The number of hydrogen-bond donors (Lipinski definition) is 0. The fourth-order valence-electron chi connectivity index (χ4n) is 2.63. The Morgan fingerprint density at radius 1 is 1.04 bits per heavy atom. The Kier molecular flexibility index (Phi) is 5.20. The zero-order chi connectivity index (χ0) is 18.7. The summed E-state index contributed by atoms with van der Waals surface area (Å²) in [6.45, 7) is 3.95. The lowest BCUT2D eigenvalue weighted by Gasteiger charge is -2.15. The maximum absolute atomic E-state index is 12.6. The van der Waals surface area contributed by atoms with Gasteiger partial charge in [0, 0.05) is 12.6 Å². The lowest BCUT2D eigenvalue weighted by Crippen LogP contribution is -2.27. The Hall–Kier alpha value is -2.51. The molecule has 0 amide bonds. The van der Waals surface area contributed by atoms with Crippen molar-refractivity contribution >= 4 is 10.0 Å². The third-order valence-electron chi connectivity index (χ3n) is 4.01. The van der Waals surface area contributed by atoms with Gasteiger partial charge in [0.25, 0.3) is 0 Å². The van der Waals surface area contributed by atoms with Gasteiger partial charge in [-0.2, -0.15) is 9.29 Å². The molecule has 0 aliphatic rings. The van der Waals surface area contributed by atoms with Crippen molar-refractivity contribution in [1.82, 2.24) is 14.4 Å². The molecule has 7 heteroatoms. The Morgan fingerprint density at radius 3 is 2.42 bits per heavy atom. The number of rotatable bonds is 6. The van der Waals surface area contributed by atoms with Crippen molar-refractivity contribution in [3.05, 3.63) is 71.1 Å². The molecule has 0 saturated heterocycles. The van der Waals surface area contributed by atoms with Crippen molar-refractivity contribution in [3.8, 4) is 11.4 Å². The molecule has 26 heavy (non-hydrogen) atoms. The summed E-state index contributed by atoms with van der Waals surface area (Å²) in [5, 5.41) is 3.95. The maximum Gasteiger partial charge on any atom is 0.242 e. The first kappa shape index (κ1) is 18.3. The molecule has 1 heterocycles. The highest BCUT2D eigenvalue weighted by molar-refractivity contribution is 7.88. The minimum Gasteiger partial charge on any atom is -0.338 e. The van der Waals surface area contributed by atoms with Crippen LogP contribution < -0.4 is 0 Å². The zero-order valence-corrected chi connectivity index (χ0v) is 15.8. The van der Waals surface area contributed by atoms with Gasteiger partial charge in [-0.15, -0.1) is 0 Å². The van der Waals surface area contributed by atoms with Gasteiger partial charge in [0.2, 0.25) is 21.7 Å². The third kappa shape index (κ3) is 4.36. The van der Waals surface area contributed by atoms with Gasteiger partial charge >= 0.3 is 0 Å². The Morgan fingerprint density at radius 2 is 1.73 bits per heavy atom. The van der Waals surface area contributed by atoms with E-state index in [1.807, 2.05) is 56.3 Å². The van der Waals surface area contributed by atoms with Crippen molar-refractivity contribution in [2.24, 2.45) is 0 Å². The normalized spacial score (nSPS) is 11.8. The van der Waals surface area contributed by atoms with Crippen LogP contribution in [0.1, 0.15) is 22.6 Å². The van der Waals surface area contributed by atoms with Gasteiger partial charge < -0.3 is 4.52 Å². The molecule has 2 aromatic carbocycles. The monoisotopic (exact) mass is 371 g/mol. The van der Waals surface area contributed by atoms with Crippen LogP contribution in [0, 0.1) is 13.8 Å². The lowest BCUT2D eigenvalue weighted by atomic mass is 10.1. The summed E-state index contributed by atoms with van der Waals surface area (Å²) < 4.78 is 31.6. The van der Waals surface area contributed by atoms with E-state index in [0.717, 1.165) is 22.3 Å². The summed E-state index contributed by atoms with van der Waals surface area (Å²) in [4.78, 5) is 4.31. The van der Waals surface area contributed by atoms with Crippen LogP contribution in [0.25, 0.3) is 11.4 Å². The molecule has 0 aliphatic heterocycles. The summed E-state index contributed by atoms with van der Waals surface area (Å²) in [5.74, 6) is 0.648. The van der Waals surface area contributed by atoms with Crippen molar-refractivity contribution in [3.63, 3.8) is 0 Å². The van der Waals surface area contributed by atoms with Crippen LogP contribution in [-0.2, 0) is 22.3 Å². The van der Waals surface area contributed by atoms with Crippen LogP contribution in [0.5, 0.6) is 0 Å². The van der Waals surface area contributed by atoms with Gasteiger partial charge in [-0.1, -0.05) is 58.7 Å². The molecule has 136 valence electrons. The molecule has 0 unspecified atom stereocenters. The first-order chi connectivity index (χ1) is 12.3. The molecule has 0 bridgehead atoms. The highest BCUT2D eigenvalue weighted by atomic mass is 32.2. The van der Waals surface area contributed by atoms with Gasteiger partial charge in [-0.05, 0) is 25.5 Å². The average molecular weight is 371 g/mol. The van der Waals surface area contributed by atoms with Crippen molar-refractivity contribution in [2.45, 2.75) is 26.1 Å². The van der Waals surface area contributed by atoms with Crippen LogP contribution in [0.15, 0.2) is 53.1 Å². The van der Waals surface area contributed by atoms with Gasteiger partial charge in [0.15, 0.2) is 0 Å². The van der Waals surface area contributed by atoms with Crippen LogP contribution in [0.2, 0.25) is 0 Å². The fourth-order valence-corrected chi connectivity index (χ4v) is 3.76. The van der Waals surface area contributed by atoms with Gasteiger partial charge in [0.05, 0.1) is 12.3 Å². The number of sulfonamides is 1. The zero-order valence-electron chi connectivity index (χ0n) is 15.0. The van der Waals surface area contributed by atoms with E-state index in [1.165, 1.54) is 11.4 Å². The molecule has 3 rings (SSSR count). The second-order valence-corrected chi connectivity index (χ2v) is 8.46. The second-order valence-electron chi connectivity index (χ2n) is 6.38. The van der Waals surface area contributed by atoms with Gasteiger partial charge in [-0.3, -0.25) is 0 Å². The number of benzene rings is 2. The van der Waals surface area contributed by atoms with Crippen LogP contribution in [0.3, 0.4) is 0 Å². The average Bonchev–Trinajstić information content (AvgIpc) is 3.03. The summed E-state index contributed by atoms with van der Waals surface area (Å²) in [6, 6.07) is 15.2. The van der Waals surface area contributed by atoms with E-state index in [4.69, 9.17) is 4.52 Å². The highest BCUT2D eigenvalue weighted by Gasteiger charge is 2.21. The van der Waals surface area contributed by atoms with Crippen molar-refractivity contribution in [1.29, 1.82) is 0 Å². The SMILES string of the molecule is Cc1cccc(CS(=O)(=O)N(C)Cc2nc(-c3cccc(C)c3)no2)c1. The maximum atomic E-state index is 12.6. The predicted octanol–water partition coefficient (Wildman–Crippen LogP) is 3.32. The van der Waals surface area contributed by atoms with E-state index >= 15 is 0 Å². The lowest BCUT2D eigenvalue weighted by molar-refractivity contribution is 0.336.